The summed E-state index contributed by atoms with van der Waals surface area (Å²) in [5, 5.41) is 7.88. The summed E-state index contributed by atoms with van der Waals surface area (Å²) in [5.41, 5.74) is 0. The van der Waals surface area contributed by atoms with E-state index < -0.39 is 6.29 Å². The molecule has 0 bridgehead atoms. The topological polar surface area (TPSA) is 73.5 Å². The van der Waals surface area contributed by atoms with Crippen LogP contribution in [0.2, 0.25) is 0 Å². The lowest BCUT2D eigenvalue weighted by Crippen LogP contribution is -2.68. The molecule has 1 aliphatic rings. The van der Waals surface area contributed by atoms with Gasteiger partial charge in [-0.2, -0.15) is 0 Å². The van der Waals surface area contributed by atoms with Crippen molar-refractivity contribution in [3.8, 4) is 0 Å². The molecule has 74 valence electrons. The summed E-state index contributed by atoms with van der Waals surface area (Å²) >= 11 is 0. The summed E-state index contributed by atoms with van der Waals surface area (Å²) in [4.78, 5) is 23.8. The molecule has 0 radical (unpaired) electrons. The molecule has 13 heavy (non-hydrogen) atoms. The zero-order chi connectivity index (χ0) is 10.0. The Morgan fingerprint density at radius 1 is 1.31 bits per heavy atom. The zero-order valence-electron chi connectivity index (χ0n) is 7.92. The highest BCUT2D eigenvalue weighted by Gasteiger charge is 2.31. The van der Waals surface area contributed by atoms with Crippen LogP contribution in [-0.2, 0) is 0 Å². The van der Waals surface area contributed by atoms with Gasteiger partial charge in [0.25, 0.3) is 0 Å². The Labute approximate surface area is 76.7 Å². The average Bonchev–Trinajstić information content (AvgIpc) is 2.02. The summed E-state index contributed by atoms with van der Waals surface area (Å²) < 4.78 is 0. The lowest BCUT2D eigenvalue weighted by Gasteiger charge is -2.34. The van der Waals surface area contributed by atoms with Gasteiger partial charge < -0.3 is 10.6 Å². The van der Waals surface area contributed by atoms with Crippen molar-refractivity contribution < 1.29 is 9.59 Å². The molecule has 1 heterocycles. The van der Waals surface area contributed by atoms with E-state index in [-0.39, 0.29) is 18.1 Å². The summed E-state index contributed by atoms with van der Waals surface area (Å²) in [6.45, 7) is 3.55. The van der Waals surface area contributed by atoms with Crippen LogP contribution in [0.3, 0.4) is 0 Å². The van der Waals surface area contributed by atoms with E-state index in [0.717, 1.165) is 4.90 Å². The van der Waals surface area contributed by atoms with Gasteiger partial charge in [0.15, 0.2) is 6.29 Å². The van der Waals surface area contributed by atoms with Crippen molar-refractivity contribution in [2.75, 3.05) is 7.05 Å². The molecule has 4 amide bonds. The van der Waals surface area contributed by atoms with Crippen LogP contribution < -0.4 is 16.0 Å². The van der Waals surface area contributed by atoms with Gasteiger partial charge in [-0.15, -0.1) is 0 Å². The molecule has 6 heteroatoms. The third kappa shape index (κ3) is 1.89. The SMILES string of the molecule is CNC1NC(=O)N(C(C)C)C(=O)N1. The third-order valence-electron chi connectivity index (χ3n) is 1.78. The van der Waals surface area contributed by atoms with Crippen LogP contribution in [0.5, 0.6) is 0 Å². The molecule has 1 fully saturated rings. The maximum Gasteiger partial charge on any atom is 0.328 e. The maximum absolute atomic E-state index is 11.3. The minimum Gasteiger partial charge on any atom is -0.305 e. The predicted molar refractivity (Wildman–Crippen MR) is 46.9 cm³/mol. The van der Waals surface area contributed by atoms with Crippen molar-refractivity contribution in [3.63, 3.8) is 0 Å². The van der Waals surface area contributed by atoms with Crippen LogP contribution in [-0.4, -0.2) is 36.3 Å². The van der Waals surface area contributed by atoms with Crippen LogP contribution in [0.25, 0.3) is 0 Å². The van der Waals surface area contributed by atoms with Crippen molar-refractivity contribution in [2.45, 2.75) is 26.2 Å². The number of carbonyl (C=O) groups is 2. The first kappa shape index (κ1) is 9.79. The number of rotatable bonds is 2. The highest BCUT2D eigenvalue weighted by atomic mass is 16.2. The van der Waals surface area contributed by atoms with Gasteiger partial charge in [-0.3, -0.25) is 5.32 Å². The monoisotopic (exact) mass is 186 g/mol. The number of hydrogen-bond donors (Lipinski definition) is 3. The number of nitrogens with zero attached hydrogens (tertiary/aromatic N) is 1. The minimum atomic E-state index is -0.477. The van der Waals surface area contributed by atoms with Crippen LogP contribution in [0.4, 0.5) is 9.59 Å². The Balaban J connectivity index is 2.70. The fourth-order valence-electron chi connectivity index (χ4n) is 1.13. The Hall–Kier alpha value is -1.30. The molecular formula is C7H14N4O2. The van der Waals surface area contributed by atoms with E-state index in [1.165, 1.54) is 0 Å². The molecule has 0 unspecified atom stereocenters. The standard InChI is InChI=1S/C7H14N4O2/c1-4(2)11-6(12)9-5(8-3)10-7(11)13/h4-5,8H,1-3H3,(H,9,12)(H,10,13). The van der Waals surface area contributed by atoms with Gasteiger partial charge in [-0.25, -0.2) is 14.5 Å². The molecule has 1 aliphatic heterocycles. The van der Waals surface area contributed by atoms with E-state index in [1.807, 2.05) is 0 Å². The van der Waals surface area contributed by atoms with E-state index in [1.54, 1.807) is 20.9 Å². The van der Waals surface area contributed by atoms with Gasteiger partial charge >= 0.3 is 12.1 Å². The second-order valence-electron chi connectivity index (χ2n) is 3.08. The largest absolute Gasteiger partial charge is 0.328 e. The Kier molecular flexibility index (Phi) is 2.72. The zero-order valence-corrected chi connectivity index (χ0v) is 7.92. The maximum atomic E-state index is 11.3. The average molecular weight is 186 g/mol. The Bertz CT molecular complexity index is 211. The molecule has 0 aromatic rings. The van der Waals surface area contributed by atoms with Gasteiger partial charge in [0.1, 0.15) is 0 Å². The molecule has 1 rings (SSSR count). The van der Waals surface area contributed by atoms with Gasteiger partial charge in [-0.1, -0.05) is 0 Å². The van der Waals surface area contributed by atoms with Crippen molar-refractivity contribution in [1.82, 2.24) is 20.9 Å². The molecular weight excluding hydrogens is 172 g/mol. The van der Waals surface area contributed by atoms with Crippen molar-refractivity contribution in [3.05, 3.63) is 0 Å². The van der Waals surface area contributed by atoms with E-state index in [0.29, 0.717) is 0 Å². The first-order valence-corrected chi connectivity index (χ1v) is 4.13. The van der Waals surface area contributed by atoms with Crippen molar-refractivity contribution in [1.29, 1.82) is 0 Å². The third-order valence-corrected chi connectivity index (χ3v) is 1.78. The van der Waals surface area contributed by atoms with Gasteiger partial charge in [-0.05, 0) is 20.9 Å². The lowest BCUT2D eigenvalue weighted by atomic mass is 10.3. The first-order valence-electron chi connectivity index (χ1n) is 4.13. The number of urea groups is 2. The number of imide groups is 1. The molecule has 0 aliphatic carbocycles. The highest BCUT2D eigenvalue weighted by molar-refractivity contribution is 5.96. The van der Waals surface area contributed by atoms with Crippen LogP contribution >= 0.6 is 0 Å². The van der Waals surface area contributed by atoms with Gasteiger partial charge in [0.2, 0.25) is 0 Å². The van der Waals surface area contributed by atoms with E-state index >= 15 is 0 Å². The second-order valence-corrected chi connectivity index (χ2v) is 3.08. The van der Waals surface area contributed by atoms with E-state index in [9.17, 15) is 9.59 Å². The lowest BCUT2D eigenvalue weighted by molar-refractivity contribution is 0.150. The number of amides is 4. The van der Waals surface area contributed by atoms with Crippen LogP contribution in [0, 0.1) is 0 Å². The summed E-state index contributed by atoms with van der Waals surface area (Å²) in [6.07, 6.45) is -0.477. The summed E-state index contributed by atoms with van der Waals surface area (Å²) in [7, 11) is 1.65. The van der Waals surface area contributed by atoms with E-state index in [2.05, 4.69) is 16.0 Å². The molecule has 3 N–H and O–H groups in total. The van der Waals surface area contributed by atoms with Crippen LogP contribution in [0.1, 0.15) is 13.8 Å². The molecule has 6 nitrogen and oxygen atoms in total. The number of nitrogens with one attached hydrogen (secondary N) is 3. The molecule has 0 aromatic heterocycles. The highest BCUT2D eigenvalue weighted by Crippen LogP contribution is 2.03. The fourth-order valence-corrected chi connectivity index (χ4v) is 1.13. The van der Waals surface area contributed by atoms with Crippen molar-refractivity contribution >= 4 is 12.1 Å². The quantitative estimate of drug-likeness (QED) is 0.551. The fraction of sp³-hybridized carbons (Fsp3) is 0.714. The first-order chi connectivity index (χ1) is 6.06. The molecule has 0 saturated carbocycles. The molecule has 0 atom stereocenters. The van der Waals surface area contributed by atoms with Crippen molar-refractivity contribution in [2.24, 2.45) is 0 Å². The predicted octanol–water partition coefficient (Wildman–Crippen LogP) is -0.367. The Morgan fingerprint density at radius 2 is 1.77 bits per heavy atom. The molecule has 0 spiro atoms. The number of carbonyl (C=O) groups excluding carboxylic acids is 2. The number of hydrogen-bond acceptors (Lipinski definition) is 3. The normalized spacial score (nSPS) is 18.9. The summed E-state index contributed by atoms with van der Waals surface area (Å²) in [5.74, 6) is 0. The molecule has 0 aromatic carbocycles. The smallest absolute Gasteiger partial charge is 0.305 e. The van der Waals surface area contributed by atoms with Crippen LogP contribution in [0.15, 0.2) is 0 Å². The Morgan fingerprint density at radius 3 is 2.08 bits per heavy atom. The van der Waals surface area contributed by atoms with Gasteiger partial charge in [0, 0.05) is 6.04 Å². The minimum absolute atomic E-state index is 0.141. The molecule has 1 saturated heterocycles. The summed E-state index contributed by atoms with van der Waals surface area (Å²) in [6, 6.07) is -0.894. The van der Waals surface area contributed by atoms with Gasteiger partial charge in [0.05, 0.1) is 0 Å². The second kappa shape index (κ2) is 3.61. The van der Waals surface area contributed by atoms with E-state index in [4.69, 9.17) is 0 Å².